The van der Waals surface area contributed by atoms with Crippen LogP contribution in [0.25, 0.3) is 0 Å². The van der Waals surface area contributed by atoms with Crippen LogP contribution in [0.4, 0.5) is 0 Å². The van der Waals surface area contributed by atoms with Gasteiger partial charge in [-0.2, -0.15) is 0 Å². The molecule has 0 aliphatic rings. The monoisotopic (exact) mass is 250 g/mol. The standard InChI is InChI=1S/C10H13NO3S.Na/c1-15(13,14)8-10(12)11-7-9-5-3-2-4-6-9;/h2-6H,7-8H2,1H3,(H,11,12);. The van der Waals surface area contributed by atoms with Gasteiger partial charge in [0.2, 0.25) is 5.91 Å². The predicted molar refractivity (Wildman–Crippen MR) is 63.8 cm³/mol. The summed E-state index contributed by atoms with van der Waals surface area (Å²) in [6, 6.07) is 9.32. The van der Waals surface area contributed by atoms with Crippen molar-refractivity contribution in [3.63, 3.8) is 0 Å². The van der Waals surface area contributed by atoms with Crippen molar-refractivity contribution in [2.45, 2.75) is 6.54 Å². The number of carbonyl (C=O) groups excluding carboxylic acids is 1. The molecule has 0 saturated carbocycles. The van der Waals surface area contributed by atoms with E-state index in [1.807, 2.05) is 30.3 Å². The fraction of sp³-hybridized carbons (Fsp3) is 0.300. The minimum absolute atomic E-state index is 0. The minimum atomic E-state index is -3.24. The summed E-state index contributed by atoms with van der Waals surface area (Å²) in [6.45, 7) is 0.356. The maximum Gasteiger partial charge on any atom is 0.235 e. The van der Waals surface area contributed by atoms with E-state index in [0.717, 1.165) is 11.8 Å². The van der Waals surface area contributed by atoms with E-state index in [1.165, 1.54) is 0 Å². The van der Waals surface area contributed by atoms with E-state index >= 15 is 0 Å². The molecule has 0 atom stereocenters. The van der Waals surface area contributed by atoms with Crippen LogP contribution in [0.3, 0.4) is 0 Å². The van der Waals surface area contributed by atoms with Crippen molar-refractivity contribution in [3.05, 3.63) is 35.9 Å². The molecule has 6 heteroatoms. The fourth-order valence-electron chi connectivity index (χ4n) is 1.09. The number of sulfone groups is 1. The van der Waals surface area contributed by atoms with Crippen LogP contribution >= 0.6 is 0 Å². The number of carbonyl (C=O) groups is 1. The molecule has 4 nitrogen and oxygen atoms in total. The van der Waals surface area contributed by atoms with Crippen molar-refractivity contribution in [2.75, 3.05) is 12.0 Å². The first-order chi connectivity index (χ1) is 6.97. The number of rotatable bonds is 4. The van der Waals surface area contributed by atoms with Crippen molar-refractivity contribution in [2.24, 2.45) is 0 Å². The predicted octanol–water partition coefficient (Wildman–Crippen LogP) is -0.0334. The smallest absolute Gasteiger partial charge is 0.235 e. The van der Waals surface area contributed by atoms with Gasteiger partial charge in [0.25, 0.3) is 0 Å². The molecule has 0 aliphatic heterocycles. The van der Waals surface area contributed by atoms with Gasteiger partial charge in [0, 0.05) is 42.4 Å². The molecule has 0 fully saturated rings. The van der Waals surface area contributed by atoms with Crippen LogP contribution in [0.2, 0.25) is 0 Å². The van der Waals surface area contributed by atoms with Gasteiger partial charge in [-0.3, -0.25) is 4.79 Å². The zero-order chi connectivity index (χ0) is 11.3. The third-order valence-corrected chi connectivity index (χ3v) is 2.51. The Labute approximate surface area is 118 Å². The third-order valence-electron chi connectivity index (χ3n) is 1.73. The molecule has 16 heavy (non-hydrogen) atoms. The molecule has 0 aliphatic carbocycles. The van der Waals surface area contributed by atoms with Crippen LogP contribution in [0.1, 0.15) is 5.56 Å². The molecule has 1 rings (SSSR count). The van der Waals surface area contributed by atoms with Gasteiger partial charge >= 0.3 is 0 Å². The van der Waals surface area contributed by atoms with Crippen LogP contribution in [0.5, 0.6) is 0 Å². The topological polar surface area (TPSA) is 63.2 Å². The van der Waals surface area contributed by atoms with E-state index in [2.05, 4.69) is 5.32 Å². The van der Waals surface area contributed by atoms with Crippen LogP contribution in [0.15, 0.2) is 30.3 Å². The average molecular weight is 250 g/mol. The van der Waals surface area contributed by atoms with Gasteiger partial charge in [-0.25, -0.2) is 8.42 Å². The minimum Gasteiger partial charge on any atom is -0.351 e. The van der Waals surface area contributed by atoms with Crippen LogP contribution < -0.4 is 5.32 Å². The Morgan fingerprint density at radius 2 is 1.81 bits per heavy atom. The van der Waals surface area contributed by atoms with Gasteiger partial charge in [0.1, 0.15) is 5.75 Å². The Morgan fingerprint density at radius 1 is 1.25 bits per heavy atom. The van der Waals surface area contributed by atoms with Crippen LogP contribution in [-0.4, -0.2) is 55.9 Å². The molecule has 0 unspecified atom stereocenters. The van der Waals surface area contributed by atoms with Gasteiger partial charge in [-0.15, -0.1) is 0 Å². The Hall–Kier alpha value is -0.360. The summed E-state index contributed by atoms with van der Waals surface area (Å²) in [4.78, 5) is 11.1. The summed E-state index contributed by atoms with van der Waals surface area (Å²) < 4.78 is 21.6. The van der Waals surface area contributed by atoms with Crippen LogP contribution in [0, 0.1) is 0 Å². The van der Waals surface area contributed by atoms with E-state index < -0.39 is 21.5 Å². The second-order valence-electron chi connectivity index (χ2n) is 3.33. The molecule has 0 saturated heterocycles. The molecule has 0 heterocycles. The summed E-state index contributed by atoms with van der Waals surface area (Å²) in [5.74, 6) is -0.929. The fourth-order valence-corrected chi connectivity index (χ4v) is 1.66. The number of amides is 1. The second kappa shape index (κ2) is 7.06. The van der Waals surface area contributed by atoms with E-state index in [0.29, 0.717) is 6.54 Å². The number of nitrogens with one attached hydrogen (secondary N) is 1. The summed E-state index contributed by atoms with van der Waals surface area (Å²) >= 11 is 0. The van der Waals surface area contributed by atoms with Crippen LogP contribution in [-0.2, 0) is 21.2 Å². The molecule has 1 N–H and O–H groups in total. The van der Waals surface area contributed by atoms with Gasteiger partial charge in [0.15, 0.2) is 9.84 Å². The summed E-state index contributed by atoms with van der Waals surface area (Å²) in [5, 5.41) is 2.54. The molecule has 0 spiro atoms. The van der Waals surface area contributed by atoms with Gasteiger partial charge in [-0.05, 0) is 5.56 Å². The Morgan fingerprint density at radius 3 is 2.31 bits per heavy atom. The summed E-state index contributed by atoms with van der Waals surface area (Å²) in [5.41, 5.74) is 0.944. The normalized spacial score (nSPS) is 10.3. The molecule has 83 valence electrons. The number of benzene rings is 1. The molecule has 1 aromatic carbocycles. The molecular formula is C10H13NNaO3S. The average Bonchev–Trinajstić information content (AvgIpc) is 2.14. The van der Waals surface area contributed by atoms with Crippen molar-refractivity contribution < 1.29 is 13.2 Å². The molecule has 1 aromatic rings. The van der Waals surface area contributed by atoms with Crippen molar-refractivity contribution in [1.82, 2.24) is 5.32 Å². The maximum absolute atomic E-state index is 11.1. The summed E-state index contributed by atoms with van der Waals surface area (Å²) in [7, 11) is -3.24. The molecule has 1 radical (unpaired) electrons. The third kappa shape index (κ3) is 7.00. The molecule has 0 aromatic heterocycles. The van der Waals surface area contributed by atoms with E-state index in [9.17, 15) is 13.2 Å². The first kappa shape index (κ1) is 15.6. The van der Waals surface area contributed by atoms with Gasteiger partial charge < -0.3 is 5.32 Å². The number of hydrogen-bond donors (Lipinski definition) is 1. The zero-order valence-corrected chi connectivity index (χ0v) is 12.3. The number of hydrogen-bond acceptors (Lipinski definition) is 3. The SMILES string of the molecule is CS(=O)(=O)CC(=O)NCc1ccccc1.[Na]. The maximum atomic E-state index is 11.1. The first-order valence-electron chi connectivity index (χ1n) is 4.46. The summed E-state index contributed by atoms with van der Waals surface area (Å²) in [6.07, 6.45) is 1.04. The first-order valence-corrected chi connectivity index (χ1v) is 6.52. The Kier molecular flexibility index (Phi) is 6.90. The molecule has 0 bridgehead atoms. The van der Waals surface area contributed by atoms with Gasteiger partial charge in [-0.1, -0.05) is 30.3 Å². The Bertz CT molecular complexity index is 431. The van der Waals surface area contributed by atoms with Crippen molar-refractivity contribution in [1.29, 1.82) is 0 Å². The zero-order valence-electron chi connectivity index (χ0n) is 9.43. The molecule has 1 amide bonds. The van der Waals surface area contributed by atoms with Crippen molar-refractivity contribution in [3.8, 4) is 0 Å². The van der Waals surface area contributed by atoms with Gasteiger partial charge in [0.05, 0.1) is 0 Å². The van der Waals surface area contributed by atoms with E-state index in [4.69, 9.17) is 0 Å². The molecular weight excluding hydrogens is 237 g/mol. The second-order valence-corrected chi connectivity index (χ2v) is 5.47. The van der Waals surface area contributed by atoms with E-state index in [1.54, 1.807) is 0 Å². The van der Waals surface area contributed by atoms with E-state index in [-0.39, 0.29) is 29.6 Å². The largest absolute Gasteiger partial charge is 0.351 e. The van der Waals surface area contributed by atoms with Crippen molar-refractivity contribution >= 4 is 45.3 Å². The Balaban J connectivity index is 0.00000225. The quantitative estimate of drug-likeness (QED) is 0.763.